The lowest BCUT2D eigenvalue weighted by Crippen LogP contribution is -2.36. The van der Waals surface area contributed by atoms with E-state index >= 15 is 0 Å². The Labute approximate surface area is 156 Å². The van der Waals surface area contributed by atoms with Crippen LogP contribution in [0.3, 0.4) is 0 Å². The number of aromatic nitrogens is 2. The molecule has 7 heteroatoms. The van der Waals surface area contributed by atoms with Crippen LogP contribution in [-0.4, -0.2) is 53.7 Å². The first-order valence-corrected chi connectivity index (χ1v) is 9.41. The summed E-state index contributed by atoms with van der Waals surface area (Å²) in [6.45, 7) is 7.47. The fraction of sp³-hybridized carbons (Fsp3) is 0.500. The topological polar surface area (TPSA) is 58.6 Å². The van der Waals surface area contributed by atoms with E-state index in [4.69, 9.17) is 4.74 Å². The molecule has 1 aromatic carbocycles. The number of carbonyl (C=O) groups is 1. The summed E-state index contributed by atoms with van der Waals surface area (Å²) in [5, 5.41) is 1.02. The number of ether oxygens (including phenoxy) is 1. The third kappa shape index (κ3) is 4.39. The highest BCUT2D eigenvalue weighted by Crippen LogP contribution is 2.26. The Morgan fingerprint density at radius 2 is 2.08 bits per heavy atom. The number of anilines is 1. The zero-order valence-electron chi connectivity index (χ0n) is 14.6. The second-order valence-corrected chi connectivity index (χ2v) is 7.57. The van der Waals surface area contributed by atoms with Gasteiger partial charge in [-0.05, 0) is 30.5 Å². The molecule has 0 N–H and O–H groups in total. The fourth-order valence-electron chi connectivity index (χ4n) is 2.91. The molecule has 0 radical (unpaired) electrons. The highest BCUT2D eigenvalue weighted by atomic mass is 79.9. The van der Waals surface area contributed by atoms with Crippen LogP contribution in [0.1, 0.15) is 20.3 Å². The molecule has 0 saturated carbocycles. The molecule has 1 fully saturated rings. The van der Waals surface area contributed by atoms with Gasteiger partial charge in [-0.15, -0.1) is 0 Å². The van der Waals surface area contributed by atoms with Crippen molar-refractivity contribution < 1.29 is 9.53 Å². The average Bonchev–Trinajstić information content (AvgIpc) is 2.85. The maximum absolute atomic E-state index is 12.2. The number of carbonyl (C=O) groups excluding carboxylic acids is 1. The van der Waals surface area contributed by atoms with Crippen LogP contribution >= 0.6 is 15.9 Å². The van der Waals surface area contributed by atoms with Crippen LogP contribution in [0, 0.1) is 5.92 Å². The molecular weight excluding hydrogens is 384 g/mol. The van der Waals surface area contributed by atoms with Crippen LogP contribution < -0.4 is 4.90 Å². The van der Waals surface area contributed by atoms with Gasteiger partial charge in [0.15, 0.2) is 0 Å². The summed E-state index contributed by atoms with van der Waals surface area (Å²) >= 11 is 3.52. The maximum Gasteiger partial charge on any atom is 0.409 e. The minimum atomic E-state index is -0.217. The zero-order chi connectivity index (χ0) is 17.8. The predicted molar refractivity (Wildman–Crippen MR) is 102 cm³/mol. The first-order chi connectivity index (χ1) is 12.0. The van der Waals surface area contributed by atoms with E-state index in [2.05, 4.69) is 30.8 Å². The van der Waals surface area contributed by atoms with E-state index in [1.54, 1.807) is 11.2 Å². The van der Waals surface area contributed by atoms with Crippen LogP contribution in [0.5, 0.6) is 0 Å². The molecule has 1 amide bonds. The Bertz CT molecular complexity index is 753. The van der Waals surface area contributed by atoms with Crippen molar-refractivity contribution in [2.75, 3.05) is 37.7 Å². The van der Waals surface area contributed by atoms with E-state index in [1.165, 1.54) is 0 Å². The summed E-state index contributed by atoms with van der Waals surface area (Å²) in [6.07, 6.45) is 2.27. The highest BCUT2D eigenvalue weighted by Gasteiger charge is 2.22. The van der Waals surface area contributed by atoms with E-state index in [1.807, 2.05) is 32.0 Å². The maximum atomic E-state index is 12.2. The van der Waals surface area contributed by atoms with Crippen LogP contribution in [0.4, 0.5) is 10.6 Å². The Kier molecular flexibility index (Phi) is 5.73. The van der Waals surface area contributed by atoms with Crippen molar-refractivity contribution in [1.82, 2.24) is 14.9 Å². The molecule has 1 aliphatic rings. The van der Waals surface area contributed by atoms with Gasteiger partial charge in [0.25, 0.3) is 0 Å². The van der Waals surface area contributed by atoms with Gasteiger partial charge in [0, 0.05) is 36.0 Å². The van der Waals surface area contributed by atoms with Gasteiger partial charge in [0.05, 0.1) is 12.1 Å². The monoisotopic (exact) mass is 406 g/mol. The second-order valence-electron chi connectivity index (χ2n) is 6.66. The minimum Gasteiger partial charge on any atom is -0.449 e. The first kappa shape index (κ1) is 17.9. The lowest BCUT2D eigenvalue weighted by molar-refractivity contribution is 0.0943. The van der Waals surface area contributed by atoms with Crippen LogP contribution in [0.25, 0.3) is 10.9 Å². The predicted octanol–water partition coefficient (Wildman–Crippen LogP) is 3.70. The number of rotatable bonds is 3. The van der Waals surface area contributed by atoms with Gasteiger partial charge in [-0.1, -0.05) is 29.8 Å². The number of halogens is 1. The lowest BCUT2D eigenvalue weighted by atomic mass is 10.2. The van der Waals surface area contributed by atoms with Gasteiger partial charge in [-0.3, -0.25) is 0 Å². The summed E-state index contributed by atoms with van der Waals surface area (Å²) in [7, 11) is 0. The molecule has 2 aromatic rings. The van der Waals surface area contributed by atoms with Gasteiger partial charge in [0.1, 0.15) is 12.1 Å². The molecule has 0 aliphatic carbocycles. The van der Waals surface area contributed by atoms with Crippen molar-refractivity contribution in [3.63, 3.8) is 0 Å². The molecule has 1 aromatic heterocycles. The zero-order valence-corrected chi connectivity index (χ0v) is 16.2. The molecule has 6 nitrogen and oxygen atoms in total. The SMILES string of the molecule is CC(C)COC(=O)N1CCCN(c2ncnc3ccc(Br)cc23)CC1. The summed E-state index contributed by atoms with van der Waals surface area (Å²) in [6, 6.07) is 6.01. The van der Waals surface area contributed by atoms with Gasteiger partial charge >= 0.3 is 6.09 Å². The number of nitrogens with zero attached hydrogens (tertiary/aromatic N) is 4. The van der Waals surface area contributed by atoms with Crippen LogP contribution in [-0.2, 0) is 4.74 Å². The molecule has 1 saturated heterocycles. The second kappa shape index (κ2) is 7.99. The van der Waals surface area contributed by atoms with Crippen molar-refractivity contribution in [3.8, 4) is 0 Å². The standard InChI is InChI=1S/C18H23BrN4O2/c1-13(2)11-25-18(24)23-7-3-6-22(8-9-23)17-15-10-14(19)4-5-16(15)20-12-21-17/h4-5,10,12-13H,3,6-9,11H2,1-2H3. The minimum absolute atomic E-state index is 0.217. The molecular formula is C18H23BrN4O2. The normalized spacial score (nSPS) is 15.5. The molecule has 0 bridgehead atoms. The number of amides is 1. The Hall–Kier alpha value is -1.89. The fourth-order valence-corrected chi connectivity index (χ4v) is 3.27. The molecule has 0 spiro atoms. The number of hydrogen-bond acceptors (Lipinski definition) is 5. The lowest BCUT2D eigenvalue weighted by Gasteiger charge is -2.23. The number of benzene rings is 1. The number of fused-ring (bicyclic) bond motifs is 1. The third-order valence-electron chi connectivity index (χ3n) is 4.17. The summed E-state index contributed by atoms with van der Waals surface area (Å²) in [5.74, 6) is 1.27. The Balaban J connectivity index is 1.73. The summed E-state index contributed by atoms with van der Waals surface area (Å²) in [5.41, 5.74) is 0.922. The van der Waals surface area contributed by atoms with Gasteiger partial charge in [-0.2, -0.15) is 0 Å². The van der Waals surface area contributed by atoms with Crippen molar-refractivity contribution in [3.05, 3.63) is 29.0 Å². The van der Waals surface area contributed by atoms with Gasteiger partial charge < -0.3 is 14.5 Å². The van der Waals surface area contributed by atoms with E-state index in [0.717, 1.165) is 40.7 Å². The van der Waals surface area contributed by atoms with E-state index in [9.17, 15) is 4.79 Å². The molecule has 3 rings (SSSR count). The largest absolute Gasteiger partial charge is 0.449 e. The van der Waals surface area contributed by atoms with E-state index in [-0.39, 0.29) is 6.09 Å². The molecule has 1 aliphatic heterocycles. The van der Waals surface area contributed by atoms with E-state index < -0.39 is 0 Å². The highest BCUT2D eigenvalue weighted by molar-refractivity contribution is 9.10. The first-order valence-electron chi connectivity index (χ1n) is 8.61. The van der Waals surface area contributed by atoms with Crippen molar-refractivity contribution in [2.45, 2.75) is 20.3 Å². The van der Waals surface area contributed by atoms with Crippen LogP contribution in [0.15, 0.2) is 29.0 Å². The smallest absolute Gasteiger partial charge is 0.409 e. The molecule has 25 heavy (non-hydrogen) atoms. The van der Waals surface area contributed by atoms with Gasteiger partial charge in [-0.25, -0.2) is 14.8 Å². The Morgan fingerprint density at radius 1 is 1.24 bits per heavy atom. The molecule has 134 valence electrons. The quantitative estimate of drug-likeness (QED) is 0.777. The summed E-state index contributed by atoms with van der Waals surface area (Å²) < 4.78 is 6.37. The molecule has 0 unspecified atom stereocenters. The number of hydrogen-bond donors (Lipinski definition) is 0. The molecule has 0 atom stereocenters. The Morgan fingerprint density at radius 3 is 2.88 bits per heavy atom. The van der Waals surface area contributed by atoms with Crippen molar-refractivity contribution in [2.24, 2.45) is 5.92 Å². The summed E-state index contributed by atoms with van der Waals surface area (Å²) in [4.78, 5) is 25.1. The molecule has 2 heterocycles. The van der Waals surface area contributed by atoms with Crippen LogP contribution in [0.2, 0.25) is 0 Å². The third-order valence-corrected chi connectivity index (χ3v) is 4.66. The van der Waals surface area contributed by atoms with Crippen molar-refractivity contribution >= 4 is 38.7 Å². The van der Waals surface area contributed by atoms with Gasteiger partial charge in [0.2, 0.25) is 0 Å². The van der Waals surface area contributed by atoms with E-state index in [0.29, 0.717) is 25.6 Å². The van der Waals surface area contributed by atoms with Crippen molar-refractivity contribution in [1.29, 1.82) is 0 Å². The average molecular weight is 407 g/mol.